The van der Waals surface area contributed by atoms with E-state index in [0.29, 0.717) is 12.1 Å². The molecule has 0 saturated heterocycles. The van der Waals surface area contributed by atoms with Crippen molar-refractivity contribution in [3.8, 4) is 11.5 Å². The Bertz CT molecular complexity index is 923. The van der Waals surface area contributed by atoms with Gasteiger partial charge in [0.05, 0.1) is 31.5 Å². The Morgan fingerprint density at radius 2 is 1.59 bits per heavy atom. The molecule has 0 amide bonds. The third-order valence-corrected chi connectivity index (χ3v) is 3.48. The zero-order chi connectivity index (χ0) is 21.6. The third-order valence-electron chi connectivity index (χ3n) is 3.48. The molecule has 0 spiro atoms. The van der Waals surface area contributed by atoms with Gasteiger partial charge in [-0.05, 0) is 42.5 Å². The summed E-state index contributed by atoms with van der Waals surface area (Å²) >= 11 is 0. The van der Waals surface area contributed by atoms with Crippen LogP contribution in [0.25, 0.3) is 0 Å². The van der Waals surface area contributed by atoms with Crippen molar-refractivity contribution in [2.24, 2.45) is 0 Å². The van der Waals surface area contributed by atoms with Crippen LogP contribution in [0.4, 0.5) is 23.2 Å². The Morgan fingerprint density at radius 3 is 2.14 bits per heavy atom. The summed E-state index contributed by atoms with van der Waals surface area (Å²) in [5, 5.41) is 2.23. The molecule has 2 aromatic rings. The number of methoxy groups -OCH3 is 2. The van der Waals surface area contributed by atoms with Gasteiger partial charge >= 0.3 is 18.1 Å². The molecule has 0 heterocycles. The first-order valence-corrected chi connectivity index (χ1v) is 7.93. The van der Waals surface area contributed by atoms with Gasteiger partial charge in [-0.25, -0.2) is 14.0 Å². The lowest BCUT2D eigenvalue weighted by Crippen LogP contribution is -2.18. The molecule has 6 nitrogen and oxygen atoms in total. The van der Waals surface area contributed by atoms with Crippen molar-refractivity contribution in [1.29, 1.82) is 0 Å². The highest BCUT2D eigenvalue weighted by molar-refractivity contribution is 5.98. The van der Waals surface area contributed by atoms with E-state index in [2.05, 4.69) is 14.8 Å². The highest BCUT2D eigenvalue weighted by atomic mass is 19.4. The van der Waals surface area contributed by atoms with E-state index in [1.165, 1.54) is 18.2 Å². The fraction of sp³-hybridized carbons (Fsp3) is 0.158. The largest absolute Gasteiger partial charge is 0.466 e. The van der Waals surface area contributed by atoms with Gasteiger partial charge in [0, 0.05) is 0 Å². The standard InChI is InChI=1S/C19H15F4NO5/c1-27-17(25)10-16(18(26)28-2)24-15-8-7-13(9-14(15)19(21,22)23)29-12-5-3-11(20)4-6-12/h3-10,24H,1-2H3/b16-10+. The topological polar surface area (TPSA) is 73.9 Å². The second kappa shape index (κ2) is 9.09. The molecule has 0 aliphatic rings. The van der Waals surface area contributed by atoms with Gasteiger partial charge in [0.2, 0.25) is 0 Å². The van der Waals surface area contributed by atoms with Crippen LogP contribution in [0.15, 0.2) is 54.2 Å². The molecule has 0 saturated carbocycles. The van der Waals surface area contributed by atoms with Gasteiger partial charge in [-0.3, -0.25) is 0 Å². The van der Waals surface area contributed by atoms with Crippen LogP contribution in [0.1, 0.15) is 5.56 Å². The fourth-order valence-corrected chi connectivity index (χ4v) is 2.15. The van der Waals surface area contributed by atoms with Crippen LogP contribution in [0.5, 0.6) is 11.5 Å². The maximum absolute atomic E-state index is 13.5. The molecule has 2 aromatic carbocycles. The number of rotatable bonds is 6. The molecule has 0 unspecified atom stereocenters. The van der Waals surface area contributed by atoms with E-state index in [-0.39, 0.29) is 11.5 Å². The summed E-state index contributed by atoms with van der Waals surface area (Å²) in [6.07, 6.45) is -4.16. The van der Waals surface area contributed by atoms with Gasteiger partial charge in [-0.1, -0.05) is 0 Å². The normalized spacial score (nSPS) is 11.6. The van der Waals surface area contributed by atoms with E-state index >= 15 is 0 Å². The molecule has 2 rings (SSSR count). The Morgan fingerprint density at radius 1 is 0.966 bits per heavy atom. The average molecular weight is 413 g/mol. The Kier molecular flexibility index (Phi) is 6.81. The smallest absolute Gasteiger partial charge is 0.418 e. The second-order valence-electron chi connectivity index (χ2n) is 5.46. The summed E-state index contributed by atoms with van der Waals surface area (Å²) in [7, 11) is 2.04. The van der Waals surface area contributed by atoms with Crippen LogP contribution in [-0.2, 0) is 25.2 Å². The predicted molar refractivity (Wildman–Crippen MR) is 93.7 cm³/mol. The van der Waals surface area contributed by atoms with Gasteiger partial charge in [-0.2, -0.15) is 13.2 Å². The number of hydrogen-bond donors (Lipinski definition) is 1. The van der Waals surface area contributed by atoms with Gasteiger partial charge in [0.15, 0.2) is 0 Å². The van der Waals surface area contributed by atoms with E-state index in [9.17, 15) is 27.2 Å². The van der Waals surface area contributed by atoms with E-state index in [1.807, 2.05) is 0 Å². The van der Waals surface area contributed by atoms with Gasteiger partial charge in [-0.15, -0.1) is 0 Å². The van der Waals surface area contributed by atoms with Crippen molar-refractivity contribution in [2.45, 2.75) is 6.18 Å². The number of alkyl halides is 3. The molecule has 0 atom stereocenters. The first kappa shape index (κ1) is 21.7. The van der Waals surface area contributed by atoms with Gasteiger partial charge < -0.3 is 19.5 Å². The zero-order valence-electron chi connectivity index (χ0n) is 15.2. The summed E-state index contributed by atoms with van der Waals surface area (Å²) in [5.74, 6) is -2.62. The minimum absolute atomic E-state index is 0.126. The van der Waals surface area contributed by atoms with E-state index in [0.717, 1.165) is 32.4 Å². The number of nitrogens with one attached hydrogen (secondary N) is 1. The molecule has 154 valence electrons. The predicted octanol–water partition coefficient (Wildman–Crippen LogP) is 4.28. The number of halogens is 4. The van der Waals surface area contributed by atoms with Crippen molar-refractivity contribution < 1.29 is 41.4 Å². The van der Waals surface area contributed by atoms with Gasteiger partial charge in [0.1, 0.15) is 23.0 Å². The molecule has 29 heavy (non-hydrogen) atoms. The lowest BCUT2D eigenvalue weighted by Gasteiger charge is -2.17. The minimum Gasteiger partial charge on any atom is -0.466 e. The quantitative estimate of drug-likeness (QED) is 0.433. The van der Waals surface area contributed by atoms with Crippen molar-refractivity contribution in [1.82, 2.24) is 0 Å². The molecule has 0 aromatic heterocycles. The zero-order valence-corrected chi connectivity index (χ0v) is 15.2. The molecule has 0 aliphatic heterocycles. The molecule has 0 radical (unpaired) electrons. The van der Waals surface area contributed by atoms with Crippen molar-refractivity contribution >= 4 is 17.6 Å². The summed E-state index contributed by atoms with van der Waals surface area (Å²) in [5.41, 5.74) is -2.25. The van der Waals surface area contributed by atoms with E-state index < -0.39 is 40.9 Å². The minimum atomic E-state index is -4.82. The maximum atomic E-state index is 13.5. The van der Waals surface area contributed by atoms with Crippen molar-refractivity contribution in [3.63, 3.8) is 0 Å². The first-order valence-electron chi connectivity index (χ1n) is 7.93. The van der Waals surface area contributed by atoms with Crippen LogP contribution < -0.4 is 10.1 Å². The molecule has 0 aliphatic carbocycles. The Hall–Kier alpha value is -3.56. The number of hydrogen-bond acceptors (Lipinski definition) is 6. The lowest BCUT2D eigenvalue weighted by atomic mass is 10.1. The molecule has 0 bridgehead atoms. The fourth-order valence-electron chi connectivity index (χ4n) is 2.15. The van der Waals surface area contributed by atoms with Crippen molar-refractivity contribution in [2.75, 3.05) is 19.5 Å². The van der Waals surface area contributed by atoms with Gasteiger partial charge in [0.25, 0.3) is 0 Å². The number of ether oxygens (including phenoxy) is 3. The molecule has 10 heteroatoms. The van der Waals surface area contributed by atoms with E-state index in [4.69, 9.17) is 4.74 Å². The first-order chi connectivity index (χ1) is 13.6. The summed E-state index contributed by atoms with van der Waals surface area (Å²) < 4.78 is 67.6. The highest BCUT2D eigenvalue weighted by Gasteiger charge is 2.35. The van der Waals surface area contributed by atoms with E-state index in [1.54, 1.807) is 0 Å². The SMILES string of the molecule is COC(=O)/C=C(/Nc1ccc(Oc2ccc(F)cc2)cc1C(F)(F)F)C(=O)OC. The number of anilines is 1. The molecular weight excluding hydrogens is 398 g/mol. The van der Waals surface area contributed by atoms with Crippen LogP contribution in [-0.4, -0.2) is 26.2 Å². The average Bonchev–Trinajstić information content (AvgIpc) is 2.68. The highest BCUT2D eigenvalue weighted by Crippen LogP contribution is 2.38. The van der Waals surface area contributed by atoms with Crippen LogP contribution >= 0.6 is 0 Å². The molecular formula is C19H15F4NO5. The number of carbonyl (C=O) groups excluding carboxylic acids is 2. The lowest BCUT2D eigenvalue weighted by molar-refractivity contribution is -0.138. The van der Waals surface area contributed by atoms with Crippen LogP contribution in [0.2, 0.25) is 0 Å². The third kappa shape index (κ3) is 5.96. The van der Waals surface area contributed by atoms with Crippen molar-refractivity contribution in [3.05, 3.63) is 65.6 Å². The Balaban J connectivity index is 2.40. The summed E-state index contributed by atoms with van der Waals surface area (Å²) in [6.45, 7) is 0. The number of carbonyl (C=O) groups is 2. The molecule has 0 fully saturated rings. The maximum Gasteiger partial charge on any atom is 0.418 e. The summed E-state index contributed by atoms with van der Waals surface area (Å²) in [6, 6.07) is 7.60. The molecule has 1 N–H and O–H groups in total. The van der Waals surface area contributed by atoms with Crippen LogP contribution in [0.3, 0.4) is 0 Å². The number of benzene rings is 2. The Labute approximate surface area is 162 Å². The monoisotopic (exact) mass is 413 g/mol. The number of esters is 2. The summed E-state index contributed by atoms with van der Waals surface area (Å²) in [4.78, 5) is 23.1. The van der Waals surface area contributed by atoms with Crippen LogP contribution in [0, 0.1) is 5.82 Å². The second-order valence-corrected chi connectivity index (χ2v) is 5.46.